The molecule has 0 unspecified atom stereocenters. The molecule has 0 bridgehead atoms. The van der Waals surface area contributed by atoms with Crippen molar-refractivity contribution in [2.24, 2.45) is 11.7 Å². The number of hydrogen-bond acceptors (Lipinski definition) is 7. The van der Waals surface area contributed by atoms with Crippen LogP contribution in [0.1, 0.15) is 23.2 Å². The van der Waals surface area contributed by atoms with Crippen LogP contribution in [0.2, 0.25) is 0 Å². The standard InChI is InChI=1S/C22H17N9O2/c23-19(32)15-8-25-9-16-17(15)29-21(28-16)18-14-4-12(6-26-20(14)31-30-18)11-3-13(7-24-5-11)27-22(33)10-1-2-10/h3-10H,1-2H2,(H2,23,32)(H,27,33)(H,28,29)(H,26,30,31). The molecule has 1 saturated carbocycles. The lowest BCUT2D eigenvalue weighted by atomic mass is 10.1. The number of imidazole rings is 1. The highest BCUT2D eigenvalue weighted by atomic mass is 16.2. The van der Waals surface area contributed by atoms with E-state index in [4.69, 9.17) is 5.73 Å². The zero-order chi connectivity index (χ0) is 22.5. The number of aromatic amines is 2. The van der Waals surface area contributed by atoms with Gasteiger partial charge in [0.05, 0.1) is 34.5 Å². The van der Waals surface area contributed by atoms with Crippen LogP contribution in [0.15, 0.2) is 43.1 Å². The van der Waals surface area contributed by atoms with E-state index in [0.29, 0.717) is 33.9 Å². The van der Waals surface area contributed by atoms with Crippen molar-refractivity contribution in [1.29, 1.82) is 0 Å². The van der Waals surface area contributed by atoms with Gasteiger partial charge in [-0.3, -0.25) is 24.7 Å². The number of nitrogens with two attached hydrogens (primary N) is 1. The molecule has 33 heavy (non-hydrogen) atoms. The van der Waals surface area contributed by atoms with Crippen LogP contribution in [0.3, 0.4) is 0 Å². The number of aromatic nitrogens is 7. The van der Waals surface area contributed by atoms with Crippen molar-refractivity contribution < 1.29 is 9.59 Å². The lowest BCUT2D eigenvalue weighted by Gasteiger charge is -2.06. The van der Waals surface area contributed by atoms with Crippen molar-refractivity contribution in [3.8, 4) is 22.6 Å². The van der Waals surface area contributed by atoms with E-state index < -0.39 is 5.91 Å². The molecule has 162 valence electrons. The Morgan fingerprint density at radius 3 is 2.67 bits per heavy atom. The highest BCUT2D eigenvalue weighted by Crippen LogP contribution is 2.32. The van der Waals surface area contributed by atoms with E-state index in [0.717, 1.165) is 29.4 Å². The van der Waals surface area contributed by atoms with E-state index in [1.54, 1.807) is 24.8 Å². The molecule has 0 aliphatic heterocycles. The van der Waals surface area contributed by atoms with Crippen LogP contribution in [0.25, 0.3) is 44.7 Å². The van der Waals surface area contributed by atoms with Crippen molar-refractivity contribution in [3.05, 3.63) is 48.7 Å². The minimum Gasteiger partial charge on any atom is -0.365 e. The third-order valence-corrected chi connectivity index (χ3v) is 5.59. The number of carbonyl (C=O) groups is 2. The second-order valence-corrected chi connectivity index (χ2v) is 7.95. The predicted octanol–water partition coefficient (Wildman–Crippen LogP) is 2.41. The molecule has 5 N–H and O–H groups in total. The number of hydrogen-bond donors (Lipinski definition) is 4. The van der Waals surface area contributed by atoms with Crippen molar-refractivity contribution in [2.45, 2.75) is 12.8 Å². The van der Waals surface area contributed by atoms with Gasteiger partial charge in [-0.1, -0.05) is 0 Å². The summed E-state index contributed by atoms with van der Waals surface area (Å²) in [5.74, 6) is -0.000132. The van der Waals surface area contributed by atoms with Gasteiger partial charge in [0.1, 0.15) is 11.2 Å². The van der Waals surface area contributed by atoms with Gasteiger partial charge in [-0.15, -0.1) is 0 Å². The number of fused-ring (bicyclic) bond motifs is 2. The third kappa shape index (κ3) is 3.35. The van der Waals surface area contributed by atoms with E-state index in [9.17, 15) is 9.59 Å². The van der Waals surface area contributed by atoms with Crippen LogP contribution in [0.4, 0.5) is 5.69 Å². The van der Waals surface area contributed by atoms with E-state index in [2.05, 4.69) is 40.4 Å². The molecule has 5 heterocycles. The maximum Gasteiger partial charge on any atom is 0.252 e. The Morgan fingerprint density at radius 1 is 1.03 bits per heavy atom. The van der Waals surface area contributed by atoms with Crippen LogP contribution in [-0.2, 0) is 4.79 Å². The van der Waals surface area contributed by atoms with Gasteiger partial charge in [0, 0.05) is 35.6 Å². The molecule has 0 saturated heterocycles. The first-order chi connectivity index (χ1) is 16.1. The number of anilines is 1. The lowest BCUT2D eigenvalue weighted by molar-refractivity contribution is -0.117. The summed E-state index contributed by atoms with van der Waals surface area (Å²) in [6.07, 6.45) is 9.86. The van der Waals surface area contributed by atoms with Crippen molar-refractivity contribution >= 4 is 39.6 Å². The van der Waals surface area contributed by atoms with Crippen molar-refractivity contribution in [1.82, 2.24) is 35.1 Å². The Hall–Kier alpha value is -4.67. The topological polar surface area (TPSA) is 168 Å². The van der Waals surface area contributed by atoms with Crippen LogP contribution >= 0.6 is 0 Å². The summed E-state index contributed by atoms with van der Waals surface area (Å²) in [7, 11) is 0. The highest BCUT2D eigenvalue weighted by molar-refractivity contribution is 6.04. The van der Waals surface area contributed by atoms with E-state index in [1.807, 2.05) is 12.1 Å². The number of H-pyrrole nitrogens is 2. The second kappa shape index (κ2) is 7.19. The van der Waals surface area contributed by atoms with Gasteiger partial charge in [0.25, 0.3) is 5.91 Å². The van der Waals surface area contributed by atoms with Gasteiger partial charge in [0.2, 0.25) is 5.91 Å². The zero-order valence-corrected chi connectivity index (χ0v) is 17.2. The fraction of sp³-hybridized carbons (Fsp3) is 0.136. The van der Waals surface area contributed by atoms with E-state index in [-0.39, 0.29) is 17.4 Å². The molecule has 0 atom stereocenters. The molecule has 1 aliphatic carbocycles. The molecular weight excluding hydrogens is 422 g/mol. The van der Waals surface area contributed by atoms with E-state index in [1.165, 1.54) is 6.20 Å². The van der Waals surface area contributed by atoms with E-state index >= 15 is 0 Å². The number of primary amides is 1. The number of carbonyl (C=O) groups excluding carboxylic acids is 2. The normalized spacial score (nSPS) is 13.5. The highest BCUT2D eigenvalue weighted by Gasteiger charge is 2.29. The summed E-state index contributed by atoms with van der Waals surface area (Å²) in [5.41, 5.74) is 10.1. The van der Waals surface area contributed by atoms with Gasteiger partial charge in [-0.2, -0.15) is 5.10 Å². The molecule has 1 aliphatic rings. The molecule has 5 aromatic rings. The SMILES string of the molecule is NC(=O)c1cncc2[nH]c(-c3[nH]nc4ncc(-c5cncc(NC(=O)C6CC6)c5)cc34)nc12. The van der Waals surface area contributed by atoms with Gasteiger partial charge in [0.15, 0.2) is 11.5 Å². The third-order valence-electron chi connectivity index (χ3n) is 5.59. The van der Waals surface area contributed by atoms with Gasteiger partial charge in [-0.25, -0.2) is 9.97 Å². The van der Waals surface area contributed by atoms with Gasteiger partial charge < -0.3 is 16.0 Å². The number of amides is 2. The lowest BCUT2D eigenvalue weighted by Crippen LogP contribution is -2.13. The van der Waals surface area contributed by atoms with Crippen LogP contribution in [0.5, 0.6) is 0 Å². The van der Waals surface area contributed by atoms with Gasteiger partial charge >= 0.3 is 0 Å². The fourth-order valence-corrected chi connectivity index (χ4v) is 3.73. The molecule has 0 aromatic carbocycles. The van der Waals surface area contributed by atoms with Gasteiger partial charge in [-0.05, 0) is 25.0 Å². The molecular formula is C22H17N9O2. The summed E-state index contributed by atoms with van der Waals surface area (Å²) in [4.78, 5) is 44.3. The largest absolute Gasteiger partial charge is 0.365 e. The molecule has 11 heteroatoms. The predicted molar refractivity (Wildman–Crippen MR) is 120 cm³/mol. The monoisotopic (exact) mass is 439 g/mol. The minimum absolute atomic E-state index is 0.0225. The van der Waals surface area contributed by atoms with Crippen molar-refractivity contribution in [2.75, 3.05) is 5.32 Å². The Bertz CT molecular complexity index is 1570. The minimum atomic E-state index is -0.606. The van der Waals surface area contributed by atoms with Crippen LogP contribution in [-0.4, -0.2) is 46.9 Å². The molecule has 0 spiro atoms. The first kappa shape index (κ1) is 19.0. The zero-order valence-electron chi connectivity index (χ0n) is 17.2. The first-order valence-electron chi connectivity index (χ1n) is 10.3. The Balaban J connectivity index is 1.40. The Morgan fingerprint density at radius 2 is 1.85 bits per heavy atom. The average molecular weight is 439 g/mol. The molecule has 0 radical (unpaired) electrons. The fourth-order valence-electron chi connectivity index (χ4n) is 3.73. The second-order valence-electron chi connectivity index (χ2n) is 7.95. The summed E-state index contributed by atoms with van der Waals surface area (Å²) in [6.45, 7) is 0. The molecule has 2 amide bonds. The number of rotatable bonds is 5. The number of nitrogens with zero attached hydrogens (tertiary/aromatic N) is 5. The summed E-state index contributed by atoms with van der Waals surface area (Å²) < 4.78 is 0. The maximum absolute atomic E-state index is 12.1. The number of pyridine rings is 3. The first-order valence-corrected chi connectivity index (χ1v) is 10.3. The summed E-state index contributed by atoms with van der Waals surface area (Å²) in [5, 5.41) is 10.9. The molecule has 11 nitrogen and oxygen atoms in total. The van der Waals surface area contributed by atoms with Crippen molar-refractivity contribution in [3.63, 3.8) is 0 Å². The quantitative estimate of drug-likeness (QED) is 0.326. The summed E-state index contributed by atoms with van der Waals surface area (Å²) in [6, 6.07) is 3.78. The molecule has 6 rings (SSSR count). The summed E-state index contributed by atoms with van der Waals surface area (Å²) >= 11 is 0. The number of nitrogens with one attached hydrogen (secondary N) is 3. The Labute approximate surface area is 185 Å². The smallest absolute Gasteiger partial charge is 0.252 e. The molecule has 5 aromatic heterocycles. The molecule has 1 fully saturated rings. The van der Waals surface area contributed by atoms with Crippen LogP contribution < -0.4 is 11.1 Å². The maximum atomic E-state index is 12.1. The Kier molecular flexibility index (Phi) is 4.15. The van der Waals surface area contributed by atoms with Crippen LogP contribution in [0, 0.1) is 5.92 Å². The average Bonchev–Trinajstić information content (AvgIpc) is 3.45.